The van der Waals surface area contributed by atoms with Gasteiger partial charge >= 0.3 is 16.3 Å². The average Bonchev–Trinajstić information content (AvgIpc) is 2.36. The van der Waals surface area contributed by atoms with E-state index in [-0.39, 0.29) is 12.5 Å². The van der Waals surface area contributed by atoms with E-state index in [0.717, 1.165) is 25.9 Å². The van der Waals surface area contributed by atoms with Crippen LogP contribution in [0, 0.1) is 5.92 Å². The molecular formula is C11H23N3O4S. The van der Waals surface area contributed by atoms with E-state index in [9.17, 15) is 13.2 Å². The van der Waals surface area contributed by atoms with Crippen LogP contribution in [0.15, 0.2) is 0 Å². The third-order valence-electron chi connectivity index (χ3n) is 3.04. The van der Waals surface area contributed by atoms with Gasteiger partial charge in [-0.25, -0.2) is 9.52 Å². The number of carbonyl (C=O) groups excluding carboxylic acids is 1. The van der Waals surface area contributed by atoms with Crippen LogP contribution in [0.1, 0.15) is 26.7 Å². The Morgan fingerprint density at radius 1 is 1.47 bits per heavy atom. The molecule has 19 heavy (non-hydrogen) atoms. The Bertz CT molecular complexity index is 379. The van der Waals surface area contributed by atoms with Gasteiger partial charge in [-0.15, -0.1) is 0 Å². The van der Waals surface area contributed by atoms with Crippen LogP contribution in [-0.4, -0.2) is 51.6 Å². The predicted octanol–water partition coefficient (Wildman–Crippen LogP) is 0.299. The second-order valence-electron chi connectivity index (χ2n) is 4.49. The van der Waals surface area contributed by atoms with Gasteiger partial charge in [-0.05, 0) is 38.8 Å². The molecule has 0 radical (unpaired) electrons. The molecule has 1 aliphatic rings. The zero-order valence-corrected chi connectivity index (χ0v) is 12.3. The molecule has 8 heteroatoms. The minimum atomic E-state index is -3.81. The van der Waals surface area contributed by atoms with Gasteiger partial charge in [0.05, 0.1) is 6.61 Å². The molecule has 7 nitrogen and oxygen atoms in total. The number of hydrogen-bond acceptors (Lipinski definition) is 5. The van der Waals surface area contributed by atoms with Crippen molar-refractivity contribution in [1.29, 1.82) is 0 Å². The molecule has 1 heterocycles. The number of hydrogen-bond donors (Lipinski definition) is 2. The SMILES string of the molecule is CCOC(=O)NS(=O)(=O)N(CC)CC1CCCNC1. The van der Waals surface area contributed by atoms with Crippen LogP contribution in [0.4, 0.5) is 4.79 Å². The van der Waals surface area contributed by atoms with Crippen molar-refractivity contribution in [1.82, 2.24) is 14.3 Å². The van der Waals surface area contributed by atoms with Gasteiger partial charge < -0.3 is 10.1 Å². The summed E-state index contributed by atoms with van der Waals surface area (Å²) in [4.78, 5) is 11.2. The van der Waals surface area contributed by atoms with Crippen LogP contribution < -0.4 is 10.0 Å². The van der Waals surface area contributed by atoms with E-state index in [1.807, 2.05) is 4.72 Å². The fourth-order valence-corrected chi connectivity index (χ4v) is 3.24. The Morgan fingerprint density at radius 2 is 2.21 bits per heavy atom. The van der Waals surface area contributed by atoms with Crippen molar-refractivity contribution in [3.63, 3.8) is 0 Å². The Balaban J connectivity index is 2.58. The Morgan fingerprint density at radius 3 is 2.74 bits per heavy atom. The summed E-state index contributed by atoms with van der Waals surface area (Å²) in [6.45, 7) is 6.05. The fourth-order valence-electron chi connectivity index (χ4n) is 2.10. The third-order valence-corrected chi connectivity index (χ3v) is 4.55. The lowest BCUT2D eigenvalue weighted by Gasteiger charge is -2.28. The molecule has 1 rings (SSSR count). The van der Waals surface area contributed by atoms with Gasteiger partial charge in [0.25, 0.3) is 0 Å². The highest BCUT2D eigenvalue weighted by Crippen LogP contribution is 2.13. The van der Waals surface area contributed by atoms with Gasteiger partial charge in [0.1, 0.15) is 0 Å². The summed E-state index contributed by atoms with van der Waals surface area (Å²) >= 11 is 0. The van der Waals surface area contributed by atoms with Gasteiger partial charge in [0, 0.05) is 13.1 Å². The van der Waals surface area contributed by atoms with E-state index in [0.29, 0.717) is 13.1 Å². The van der Waals surface area contributed by atoms with Crippen molar-refractivity contribution in [3.05, 3.63) is 0 Å². The molecule has 0 aliphatic carbocycles. The van der Waals surface area contributed by atoms with Crippen molar-refractivity contribution in [2.75, 3.05) is 32.8 Å². The van der Waals surface area contributed by atoms with Crippen molar-refractivity contribution < 1.29 is 17.9 Å². The van der Waals surface area contributed by atoms with Crippen LogP contribution in [0.2, 0.25) is 0 Å². The van der Waals surface area contributed by atoms with Gasteiger partial charge in [-0.2, -0.15) is 12.7 Å². The first kappa shape index (κ1) is 16.2. The molecule has 1 atom stereocenters. The number of nitrogens with one attached hydrogen (secondary N) is 2. The second-order valence-corrected chi connectivity index (χ2v) is 6.16. The molecule has 1 unspecified atom stereocenters. The molecule has 0 bridgehead atoms. The Kier molecular flexibility index (Phi) is 6.53. The third kappa shape index (κ3) is 5.33. The molecule has 112 valence electrons. The van der Waals surface area contributed by atoms with E-state index in [1.165, 1.54) is 4.31 Å². The Hall–Kier alpha value is -0.860. The summed E-state index contributed by atoms with van der Waals surface area (Å²) in [6, 6.07) is 0. The van der Waals surface area contributed by atoms with Crippen LogP contribution in [0.5, 0.6) is 0 Å². The summed E-state index contributed by atoms with van der Waals surface area (Å²) in [5.41, 5.74) is 0. The van der Waals surface area contributed by atoms with Crippen LogP contribution in [0.25, 0.3) is 0 Å². The fraction of sp³-hybridized carbons (Fsp3) is 0.909. The second kappa shape index (κ2) is 7.66. The molecule has 1 fully saturated rings. The van der Waals surface area contributed by atoms with Crippen LogP contribution >= 0.6 is 0 Å². The topological polar surface area (TPSA) is 87.7 Å². The highest BCUT2D eigenvalue weighted by Gasteiger charge is 2.26. The van der Waals surface area contributed by atoms with Crippen molar-refractivity contribution in [3.8, 4) is 0 Å². The maximum atomic E-state index is 12.0. The monoisotopic (exact) mass is 293 g/mol. The summed E-state index contributed by atoms with van der Waals surface area (Å²) < 4.78 is 31.8. The standard InChI is InChI=1S/C11H23N3O4S/c1-3-14(9-10-6-5-7-12-8-10)19(16,17)13-11(15)18-4-2/h10,12H,3-9H2,1-2H3,(H,13,15). The first-order valence-corrected chi connectivity index (χ1v) is 8.09. The average molecular weight is 293 g/mol. The van der Waals surface area contributed by atoms with Crippen LogP contribution in [-0.2, 0) is 14.9 Å². The molecule has 1 aliphatic heterocycles. The summed E-state index contributed by atoms with van der Waals surface area (Å²) in [5, 5.41) is 3.24. The number of carbonyl (C=O) groups is 1. The van der Waals surface area contributed by atoms with Gasteiger partial charge in [0.2, 0.25) is 0 Å². The lowest BCUT2D eigenvalue weighted by atomic mass is 10.00. The van der Waals surface area contributed by atoms with E-state index in [4.69, 9.17) is 0 Å². The van der Waals surface area contributed by atoms with Gasteiger partial charge in [-0.3, -0.25) is 0 Å². The largest absolute Gasteiger partial charge is 0.449 e. The van der Waals surface area contributed by atoms with Crippen molar-refractivity contribution >= 4 is 16.3 Å². The number of nitrogens with zero attached hydrogens (tertiary/aromatic N) is 1. The van der Waals surface area contributed by atoms with E-state index < -0.39 is 16.3 Å². The maximum Gasteiger partial charge on any atom is 0.421 e. The quantitative estimate of drug-likeness (QED) is 0.735. The lowest BCUT2D eigenvalue weighted by molar-refractivity contribution is 0.158. The summed E-state index contributed by atoms with van der Waals surface area (Å²) in [5.74, 6) is 0.285. The smallest absolute Gasteiger partial charge is 0.421 e. The van der Waals surface area contributed by atoms with Gasteiger partial charge in [0.15, 0.2) is 0 Å². The van der Waals surface area contributed by atoms with E-state index >= 15 is 0 Å². The molecule has 0 aromatic heterocycles. The van der Waals surface area contributed by atoms with Crippen molar-refractivity contribution in [2.24, 2.45) is 5.92 Å². The van der Waals surface area contributed by atoms with E-state index in [1.54, 1.807) is 13.8 Å². The minimum Gasteiger partial charge on any atom is -0.449 e. The highest BCUT2D eigenvalue weighted by molar-refractivity contribution is 7.87. The number of rotatable bonds is 6. The molecular weight excluding hydrogens is 270 g/mol. The predicted molar refractivity (Wildman–Crippen MR) is 71.9 cm³/mol. The first-order valence-electron chi connectivity index (χ1n) is 6.65. The zero-order valence-electron chi connectivity index (χ0n) is 11.5. The molecule has 0 aromatic rings. The van der Waals surface area contributed by atoms with Gasteiger partial charge in [-0.1, -0.05) is 6.92 Å². The normalized spacial score (nSPS) is 20.3. The lowest BCUT2D eigenvalue weighted by Crippen LogP contribution is -2.47. The Labute approximate surface area is 114 Å². The molecule has 1 saturated heterocycles. The molecule has 0 aromatic carbocycles. The molecule has 1 amide bonds. The molecule has 2 N–H and O–H groups in total. The molecule has 0 spiro atoms. The summed E-state index contributed by atoms with van der Waals surface area (Å²) in [6.07, 6.45) is 1.12. The van der Waals surface area contributed by atoms with Crippen LogP contribution in [0.3, 0.4) is 0 Å². The number of amides is 1. The van der Waals surface area contributed by atoms with Crippen molar-refractivity contribution in [2.45, 2.75) is 26.7 Å². The summed E-state index contributed by atoms with van der Waals surface area (Å²) in [7, 11) is -3.81. The molecule has 0 saturated carbocycles. The minimum absolute atomic E-state index is 0.139. The zero-order chi connectivity index (χ0) is 14.3. The first-order chi connectivity index (χ1) is 8.99. The number of ether oxygens (including phenoxy) is 1. The maximum absolute atomic E-state index is 12.0. The highest BCUT2D eigenvalue weighted by atomic mass is 32.2. The number of piperidine rings is 1. The van der Waals surface area contributed by atoms with E-state index in [2.05, 4.69) is 10.1 Å².